The minimum absolute atomic E-state index is 0.670. The van der Waals surface area contributed by atoms with Crippen molar-refractivity contribution < 1.29 is 0 Å². The summed E-state index contributed by atoms with van der Waals surface area (Å²) in [5, 5.41) is 8.55. The summed E-state index contributed by atoms with van der Waals surface area (Å²) in [4.78, 5) is 10.7. The van der Waals surface area contributed by atoms with E-state index in [4.69, 9.17) is 9.97 Å². The molecule has 1 aliphatic carbocycles. The maximum absolute atomic E-state index is 5.43. The third kappa shape index (κ3) is 4.35. The number of hydrogen-bond acceptors (Lipinski definition) is 3. The monoisotopic (exact) mass is 703 g/mol. The molecule has 0 saturated carbocycles. The molecule has 12 rings (SSSR count). The van der Waals surface area contributed by atoms with Gasteiger partial charge in [-0.3, -0.25) is 4.57 Å². The molecule has 0 unspecified atom stereocenters. The van der Waals surface area contributed by atoms with Gasteiger partial charge >= 0.3 is 0 Å². The van der Waals surface area contributed by atoms with E-state index < -0.39 is 0 Å². The second kappa shape index (κ2) is 11.3. The second-order valence-electron chi connectivity index (χ2n) is 14.2. The third-order valence-corrected chi connectivity index (χ3v) is 12.3. The van der Waals surface area contributed by atoms with Crippen LogP contribution in [0.3, 0.4) is 0 Å². The van der Waals surface area contributed by atoms with Gasteiger partial charge in [-0.1, -0.05) is 133 Å². The van der Waals surface area contributed by atoms with Crippen molar-refractivity contribution in [2.45, 2.75) is 0 Å². The molecule has 0 spiro atoms. The first-order valence-electron chi connectivity index (χ1n) is 18.3. The van der Waals surface area contributed by atoms with Crippen molar-refractivity contribution in [3.8, 4) is 39.5 Å². The highest BCUT2D eigenvalue weighted by Crippen LogP contribution is 2.41. The minimum atomic E-state index is 0.670. The van der Waals surface area contributed by atoms with Crippen molar-refractivity contribution in [3.05, 3.63) is 175 Å². The zero-order chi connectivity index (χ0) is 35.3. The molecule has 0 atom stereocenters. The van der Waals surface area contributed by atoms with Gasteiger partial charge in [-0.05, 0) is 86.6 Å². The van der Waals surface area contributed by atoms with Crippen LogP contribution in [0.1, 0.15) is 11.1 Å². The summed E-state index contributed by atoms with van der Waals surface area (Å²) < 4.78 is 4.90. The lowest BCUT2D eigenvalue weighted by Crippen LogP contribution is -2.03. The molecule has 0 fully saturated rings. The van der Waals surface area contributed by atoms with Crippen LogP contribution in [0, 0.1) is 0 Å². The molecular formula is C50H29N3S. The summed E-state index contributed by atoms with van der Waals surface area (Å²) in [6.45, 7) is 0. The van der Waals surface area contributed by atoms with Gasteiger partial charge in [0, 0.05) is 41.9 Å². The molecule has 0 saturated heterocycles. The van der Waals surface area contributed by atoms with Crippen molar-refractivity contribution in [2.75, 3.05) is 0 Å². The van der Waals surface area contributed by atoms with Gasteiger partial charge in [-0.25, -0.2) is 9.97 Å². The average Bonchev–Trinajstić information content (AvgIpc) is 3.93. The Morgan fingerprint density at radius 3 is 1.89 bits per heavy atom. The van der Waals surface area contributed by atoms with E-state index in [1.54, 1.807) is 0 Å². The van der Waals surface area contributed by atoms with Crippen LogP contribution in [0.5, 0.6) is 0 Å². The van der Waals surface area contributed by atoms with Crippen LogP contribution in [-0.4, -0.2) is 14.5 Å². The predicted octanol–water partition coefficient (Wildman–Crippen LogP) is 13.7. The van der Waals surface area contributed by atoms with E-state index in [2.05, 4.69) is 181 Å². The standard InChI is InChI=1S/C50H29N3S/c1-4-13-43-40(11-1)49(39-25-22-33-21-20-32-8-7-12-38(39)48(32)33)52-50(51-43)53-44-14-5-2-9-36(44)41-28-34(23-26-45(41)53)30-16-18-31(19-17-30)35-24-27-47-42(29-35)37-10-3-6-15-46(37)54-47/h1-29H. The van der Waals surface area contributed by atoms with Gasteiger partial charge in [0.15, 0.2) is 0 Å². The highest BCUT2D eigenvalue weighted by Gasteiger charge is 2.20. The third-order valence-electron chi connectivity index (χ3n) is 11.2. The Morgan fingerprint density at radius 2 is 1.04 bits per heavy atom. The molecule has 0 N–H and O–H groups in total. The maximum Gasteiger partial charge on any atom is 0.235 e. The highest BCUT2D eigenvalue weighted by molar-refractivity contribution is 7.25. The van der Waals surface area contributed by atoms with E-state index in [9.17, 15) is 0 Å². The van der Waals surface area contributed by atoms with Crippen LogP contribution in [0.4, 0.5) is 0 Å². The van der Waals surface area contributed by atoms with Gasteiger partial charge in [-0.15, -0.1) is 11.3 Å². The van der Waals surface area contributed by atoms with Crippen molar-refractivity contribution in [3.63, 3.8) is 0 Å². The van der Waals surface area contributed by atoms with E-state index in [0.29, 0.717) is 5.95 Å². The molecule has 3 heterocycles. The van der Waals surface area contributed by atoms with Crippen molar-refractivity contribution >= 4 is 87.1 Å². The molecule has 0 radical (unpaired) electrons. The lowest BCUT2D eigenvalue weighted by atomic mass is 9.96. The summed E-state index contributed by atoms with van der Waals surface area (Å²) in [6, 6.07) is 59.3. The van der Waals surface area contributed by atoms with Crippen LogP contribution in [0.15, 0.2) is 164 Å². The number of nitrogens with zero attached hydrogens (tertiary/aromatic N) is 3. The number of thiophene rings is 1. The summed E-state index contributed by atoms with van der Waals surface area (Å²) in [5.74, 6) is 0.670. The summed E-state index contributed by atoms with van der Waals surface area (Å²) in [7, 11) is 0. The Kier molecular flexibility index (Phi) is 6.21. The van der Waals surface area contributed by atoms with Crippen LogP contribution >= 0.6 is 11.3 Å². The SMILES string of the molecule is C1=Cc2ccc(-c3nc(-n4c5ccccc5c5cc(-c6ccc(-c7ccc8sc9ccccc9c8c7)cc6)ccc54)nc4ccccc34)c3cccc1c23. The van der Waals surface area contributed by atoms with Crippen LogP contribution in [0.25, 0.3) is 115 Å². The number of fused-ring (bicyclic) bond motifs is 7. The smallest absolute Gasteiger partial charge is 0.235 e. The molecule has 0 amide bonds. The molecule has 3 aromatic heterocycles. The topological polar surface area (TPSA) is 30.7 Å². The number of benzene rings is 8. The van der Waals surface area contributed by atoms with E-state index >= 15 is 0 Å². The molecule has 54 heavy (non-hydrogen) atoms. The quantitative estimate of drug-likeness (QED) is 0.183. The Hall–Kier alpha value is -6.88. The first-order valence-corrected chi connectivity index (χ1v) is 19.1. The number of rotatable bonds is 4. The fourth-order valence-corrected chi connectivity index (χ4v) is 9.71. The largest absolute Gasteiger partial charge is 0.278 e. The molecule has 3 nitrogen and oxygen atoms in total. The first-order chi connectivity index (χ1) is 26.7. The minimum Gasteiger partial charge on any atom is -0.278 e. The zero-order valence-electron chi connectivity index (χ0n) is 29.0. The van der Waals surface area contributed by atoms with Crippen LogP contribution < -0.4 is 0 Å². The van der Waals surface area contributed by atoms with Crippen molar-refractivity contribution in [1.29, 1.82) is 0 Å². The molecule has 1 aliphatic rings. The highest BCUT2D eigenvalue weighted by atomic mass is 32.1. The van der Waals surface area contributed by atoms with Gasteiger partial charge in [0.2, 0.25) is 5.95 Å². The molecule has 0 aliphatic heterocycles. The van der Waals surface area contributed by atoms with Crippen LogP contribution in [-0.2, 0) is 0 Å². The van der Waals surface area contributed by atoms with Gasteiger partial charge < -0.3 is 0 Å². The van der Waals surface area contributed by atoms with E-state index in [1.807, 2.05) is 11.3 Å². The Morgan fingerprint density at radius 1 is 0.407 bits per heavy atom. The number of hydrogen-bond donors (Lipinski definition) is 0. The average molecular weight is 704 g/mol. The van der Waals surface area contributed by atoms with Crippen molar-refractivity contribution in [1.82, 2.24) is 14.5 Å². The van der Waals surface area contributed by atoms with Gasteiger partial charge in [0.05, 0.1) is 22.2 Å². The summed E-state index contributed by atoms with van der Waals surface area (Å²) in [5.41, 5.74) is 12.5. The van der Waals surface area contributed by atoms with Gasteiger partial charge in [-0.2, -0.15) is 0 Å². The zero-order valence-corrected chi connectivity index (χ0v) is 29.8. The second-order valence-corrected chi connectivity index (χ2v) is 15.2. The molecular weight excluding hydrogens is 675 g/mol. The van der Waals surface area contributed by atoms with Crippen molar-refractivity contribution in [2.24, 2.45) is 0 Å². The van der Waals surface area contributed by atoms with Gasteiger partial charge in [0.25, 0.3) is 0 Å². The van der Waals surface area contributed by atoms with E-state index in [0.717, 1.165) is 33.2 Å². The van der Waals surface area contributed by atoms with E-state index in [1.165, 1.54) is 75.1 Å². The van der Waals surface area contributed by atoms with E-state index in [-0.39, 0.29) is 0 Å². The Labute approximate surface area is 314 Å². The summed E-state index contributed by atoms with van der Waals surface area (Å²) in [6.07, 6.45) is 4.41. The maximum atomic E-state index is 5.43. The molecule has 0 bridgehead atoms. The number of para-hydroxylation sites is 2. The molecule has 8 aromatic carbocycles. The summed E-state index contributed by atoms with van der Waals surface area (Å²) >= 11 is 1.86. The van der Waals surface area contributed by atoms with Gasteiger partial charge in [0.1, 0.15) is 0 Å². The molecule has 250 valence electrons. The Bertz CT molecular complexity index is 3370. The lowest BCUT2D eigenvalue weighted by molar-refractivity contribution is 1.01. The Balaban J connectivity index is 0.992. The normalized spacial score (nSPS) is 12.4. The lowest BCUT2D eigenvalue weighted by Gasteiger charge is -2.14. The van der Waals surface area contributed by atoms with Crippen LogP contribution in [0.2, 0.25) is 0 Å². The molecule has 4 heteroatoms. The fraction of sp³-hybridized carbons (Fsp3) is 0. The first kappa shape index (κ1) is 29.7. The fourth-order valence-electron chi connectivity index (χ4n) is 8.63. The molecule has 11 aromatic rings. The number of aromatic nitrogens is 3. The predicted molar refractivity (Wildman–Crippen MR) is 230 cm³/mol.